The molecule has 0 bridgehead atoms. The molecule has 1 fully saturated rings. The molecule has 7 nitrogen and oxygen atoms in total. The minimum atomic E-state index is -0.674. The smallest absolute Gasteiger partial charge is 0.252 e. The Morgan fingerprint density at radius 3 is 2.88 bits per heavy atom. The molecule has 122 valence electrons. The molecule has 7 heteroatoms. The van der Waals surface area contributed by atoms with Gasteiger partial charge in [0.25, 0.3) is 5.91 Å². The fourth-order valence-corrected chi connectivity index (χ4v) is 3.26. The number of pyridine rings is 2. The summed E-state index contributed by atoms with van der Waals surface area (Å²) in [5.74, 6) is -0.0518. The quantitative estimate of drug-likeness (QED) is 0.764. The molecule has 3 aromatic rings. The van der Waals surface area contributed by atoms with Gasteiger partial charge in [-0.2, -0.15) is 5.10 Å². The van der Waals surface area contributed by atoms with Crippen LogP contribution >= 0.6 is 0 Å². The first-order valence-corrected chi connectivity index (χ1v) is 8.01. The van der Waals surface area contributed by atoms with Crippen molar-refractivity contribution in [2.24, 2.45) is 0 Å². The summed E-state index contributed by atoms with van der Waals surface area (Å²) in [6.07, 6.45) is 10.1. The Hall–Kier alpha value is -2.80. The van der Waals surface area contributed by atoms with Gasteiger partial charge in [0.15, 0.2) is 0 Å². The van der Waals surface area contributed by atoms with Gasteiger partial charge in [0.2, 0.25) is 0 Å². The van der Waals surface area contributed by atoms with Crippen LogP contribution in [-0.4, -0.2) is 38.7 Å². The van der Waals surface area contributed by atoms with Gasteiger partial charge in [0.1, 0.15) is 5.54 Å². The second kappa shape index (κ2) is 6.01. The van der Waals surface area contributed by atoms with Crippen molar-refractivity contribution in [3.8, 4) is 0 Å². The number of nitrogens with one attached hydrogen (secondary N) is 2. The predicted octanol–water partition coefficient (Wildman–Crippen LogP) is 1.54. The minimum Gasteiger partial charge on any atom is -0.323 e. The van der Waals surface area contributed by atoms with Crippen molar-refractivity contribution in [2.45, 2.75) is 18.4 Å². The van der Waals surface area contributed by atoms with E-state index in [2.05, 4.69) is 25.7 Å². The lowest BCUT2D eigenvalue weighted by atomic mass is 9.87. The number of aromatic nitrogens is 4. The van der Waals surface area contributed by atoms with Crippen LogP contribution < -0.4 is 10.6 Å². The van der Waals surface area contributed by atoms with E-state index in [4.69, 9.17) is 0 Å². The fourth-order valence-electron chi connectivity index (χ4n) is 3.26. The van der Waals surface area contributed by atoms with Crippen molar-refractivity contribution in [1.29, 1.82) is 0 Å². The van der Waals surface area contributed by atoms with Gasteiger partial charge in [-0.05, 0) is 44.1 Å². The van der Waals surface area contributed by atoms with Gasteiger partial charge in [0, 0.05) is 36.4 Å². The third-order valence-electron chi connectivity index (χ3n) is 4.59. The zero-order chi connectivity index (χ0) is 16.4. The Labute approximate surface area is 139 Å². The lowest BCUT2D eigenvalue weighted by molar-refractivity contribution is -0.126. The number of carbonyl (C=O) groups is 1. The molecule has 1 aliphatic heterocycles. The van der Waals surface area contributed by atoms with Crippen LogP contribution in [0.4, 0.5) is 5.69 Å². The number of fused-ring (bicyclic) bond motifs is 1. The second-order valence-corrected chi connectivity index (χ2v) is 5.94. The molecule has 0 radical (unpaired) electrons. The molecule has 0 spiro atoms. The summed E-state index contributed by atoms with van der Waals surface area (Å²) in [4.78, 5) is 21.6. The molecule has 0 saturated carbocycles. The largest absolute Gasteiger partial charge is 0.323 e. The van der Waals surface area contributed by atoms with Crippen LogP contribution in [0.2, 0.25) is 0 Å². The fraction of sp³-hybridized carbons (Fsp3) is 0.294. The molecular formula is C17H18N6O. The molecule has 4 heterocycles. The molecule has 4 rings (SSSR count). The Kier molecular flexibility index (Phi) is 3.70. The summed E-state index contributed by atoms with van der Waals surface area (Å²) in [7, 11) is 0. The zero-order valence-electron chi connectivity index (χ0n) is 13.1. The predicted molar refractivity (Wildman–Crippen MR) is 90.5 cm³/mol. The van der Waals surface area contributed by atoms with Crippen molar-refractivity contribution < 1.29 is 4.79 Å². The molecule has 24 heavy (non-hydrogen) atoms. The number of anilines is 1. The van der Waals surface area contributed by atoms with Crippen LogP contribution in [0.25, 0.3) is 10.9 Å². The average Bonchev–Trinajstić information content (AvgIpc) is 3.18. The molecule has 1 saturated heterocycles. The highest BCUT2D eigenvalue weighted by atomic mass is 16.2. The van der Waals surface area contributed by atoms with Crippen LogP contribution in [0.3, 0.4) is 0 Å². The summed E-state index contributed by atoms with van der Waals surface area (Å²) in [5.41, 5.74) is 0.858. The lowest BCUT2D eigenvalue weighted by Crippen LogP contribution is -2.52. The highest BCUT2D eigenvalue weighted by Crippen LogP contribution is 2.30. The summed E-state index contributed by atoms with van der Waals surface area (Å²) < 4.78 is 1.78. The van der Waals surface area contributed by atoms with E-state index >= 15 is 0 Å². The first-order chi connectivity index (χ1) is 11.8. The Morgan fingerprint density at radius 2 is 2.08 bits per heavy atom. The van der Waals surface area contributed by atoms with Crippen molar-refractivity contribution in [1.82, 2.24) is 25.1 Å². The van der Waals surface area contributed by atoms with E-state index in [0.29, 0.717) is 12.8 Å². The van der Waals surface area contributed by atoms with Crippen molar-refractivity contribution >= 4 is 22.5 Å². The number of hydrogen-bond donors (Lipinski definition) is 2. The molecule has 1 amide bonds. The molecular weight excluding hydrogens is 304 g/mol. The molecule has 0 aromatic carbocycles. The topological polar surface area (TPSA) is 84.7 Å². The number of nitrogens with zero attached hydrogens (tertiary/aromatic N) is 4. The number of amides is 1. The monoisotopic (exact) mass is 322 g/mol. The van der Waals surface area contributed by atoms with Crippen molar-refractivity contribution in [3.63, 3.8) is 0 Å². The molecule has 0 unspecified atom stereocenters. The van der Waals surface area contributed by atoms with Crippen LogP contribution in [-0.2, 0) is 10.3 Å². The van der Waals surface area contributed by atoms with Gasteiger partial charge in [-0.25, -0.2) is 0 Å². The maximum atomic E-state index is 13.2. The van der Waals surface area contributed by atoms with Gasteiger partial charge < -0.3 is 10.6 Å². The van der Waals surface area contributed by atoms with E-state index in [1.807, 2.05) is 18.3 Å². The molecule has 0 aliphatic carbocycles. The van der Waals surface area contributed by atoms with Crippen LogP contribution in [0.5, 0.6) is 0 Å². The second-order valence-electron chi connectivity index (χ2n) is 5.94. The van der Waals surface area contributed by atoms with E-state index in [-0.39, 0.29) is 5.91 Å². The molecule has 1 aliphatic rings. The molecule has 0 atom stereocenters. The number of hydrogen-bond acceptors (Lipinski definition) is 5. The van der Waals surface area contributed by atoms with Gasteiger partial charge >= 0.3 is 0 Å². The summed E-state index contributed by atoms with van der Waals surface area (Å²) >= 11 is 0. The Balaban J connectivity index is 1.71. The number of rotatable bonds is 3. The van der Waals surface area contributed by atoms with Gasteiger partial charge in [0.05, 0.1) is 11.2 Å². The number of piperidine rings is 1. The van der Waals surface area contributed by atoms with E-state index in [1.165, 1.54) is 0 Å². The van der Waals surface area contributed by atoms with Gasteiger partial charge in [-0.15, -0.1) is 0 Å². The van der Waals surface area contributed by atoms with Crippen LogP contribution in [0.1, 0.15) is 12.8 Å². The lowest BCUT2D eigenvalue weighted by Gasteiger charge is -2.36. The normalized spacial score (nSPS) is 16.8. The molecule has 3 aromatic heterocycles. The van der Waals surface area contributed by atoms with E-state index in [1.54, 1.807) is 35.5 Å². The Morgan fingerprint density at radius 1 is 1.21 bits per heavy atom. The first kappa shape index (κ1) is 14.8. The third kappa shape index (κ3) is 2.43. The first-order valence-electron chi connectivity index (χ1n) is 8.01. The SMILES string of the molecule is O=C(Nc1ccnc2ccncc12)C1(n2cccn2)CCNCC1. The van der Waals surface area contributed by atoms with Crippen molar-refractivity contribution in [3.05, 3.63) is 49.2 Å². The van der Waals surface area contributed by atoms with Gasteiger partial charge in [-0.1, -0.05) is 0 Å². The number of carbonyl (C=O) groups excluding carboxylic acids is 1. The van der Waals surface area contributed by atoms with E-state index < -0.39 is 5.54 Å². The highest BCUT2D eigenvalue weighted by molar-refractivity contribution is 6.03. The zero-order valence-corrected chi connectivity index (χ0v) is 13.1. The van der Waals surface area contributed by atoms with Crippen molar-refractivity contribution in [2.75, 3.05) is 18.4 Å². The van der Waals surface area contributed by atoms with Crippen LogP contribution in [0, 0.1) is 0 Å². The maximum Gasteiger partial charge on any atom is 0.252 e. The minimum absolute atomic E-state index is 0.0518. The summed E-state index contributed by atoms with van der Waals surface area (Å²) in [6.45, 7) is 1.57. The average molecular weight is 322 g/mol. The maximum absolute atomic E-state index is 13.2. The molecule has 2 N–H and O–H groups in total. The third-order valence-corrected chi connectivity index (χ3v) is 4.59. The summed E-state index contributed by atoms with van der Waals surface area (Å²) in [5, 5.41) is 11.6. The standard InChI is InChI=1S/C17H18N6O/c24-16(17(4-9-18-10-5-17)23-11-1-6-21-23)22-15-3-8-20-14-2-7-19-12-13(14)15/h1-3,6-8,11-12,18H,4-5,9-10H2,(H,20,22,24). The Bertz CT molecular complexity index is 849. The summed E-state index contributed by atoms with van der Waals surface area (Å²) in [6, 6.07) is 5.49. The van der Waals surface area contributed by atoms with Gasteiger partial charge in [-0.3, -0.25) is 19.4 Å². The highest BCUT2D eigenvalue weighted by Gasteiger charge is 2.42. The van der Waals surface area contributed by atoms with Crippen LogP contribution in [0.15, 0.2) is 49.2 Å². The van der Waals surface area contributed by atoms with E-state index in [9.17, 15) is 4.79 Å². The van der Waals surface area contributed by atoms with E-state index in [0.717, 1.165) is 29.7 Å².